The molecule has 0 saturated heterocycles. The summed E-state index contributed by atoms with van der Waals surface area (Å²) in [7, 11) is 1.95. The largest absolute Gasteiger partial charge is 0.314 e. The first-order valence-corrected chi connectivity index (χ1v) is 7.71. The quantitative estimate of drug-likeness (QED) is 0.848. The van der Waals surface area contributed by atoms with Crippen molar-refractivity contribution in [3.05, 3.63) is 34.9 Å². The molecule has 2 aromatic rings. The summed E-state index contributed by atoms with van der Waals surface area (Å²) in [6.45, 7) is 10.6. The standard InChI is InChI=1S/C16H27N5/c1-12(2)17-8-6-16-13(3)19-21(14(16)4)9-7-15-10-18-20(5)11-15/h10-12,17H,6-9H2,1-5H3. The van der Waals surface area contributed by atoms with Crippen LogP contribution in [0.15, 0.2) is 12.4 Å². The number of hydrogen-bond acceptors (Lipinski definition) is 3. The maximum atomic E-state index is 4.69. The second-order valence-corrected chi connectivity index (χ2v) is 6.00. The third-order valence-corrected chi connectivity index (χ3v) is 3.83. The van der Waals surface area contributed by atoms with E-state index in [1.165, 1.54) is 16.8 Å². The zero-order valence-corrected chi connectivity index (χ0v) is 13.8. The average molecular weight is 289 g/mol. The minimum Gasteiger partial charge on any atom is -0.314 e. The van der Waals surface area contributed by atoms with Gasteiger partial charge in [0.05, 0.1) is 11.9 Å². The summed E-state index contributed by atoms with van der Waals surface area (Å²) in [6, 6.07) is 0.534. The van der Waals surface area contributed by atoms with Gasteiger partial charge in [0.1, 0.15) is 0 Å². The normalized spacial score (nSPS) is 11.5. The summed E-state index contributed by atoms with van der Waals surface area (Å²) in [4.78, 5) is 0. The molecule has 0 fully saturated rings. The van der Waals surface area contributed by atoms with E-state index in [1.54, 1.807) is 0 Å². The molecule has 0 amide bonds. The van der Waals surface area contributed by atoms with Crippen molar-refractivity contribution < 1.29 is 0 Å². The van der Waals surface area contributed by atoms with E-state index in [4.69, 9.17) is 5.10 Å². The smallest absolute Gasteiger partial charge is 0.0628 e. The lowest BCUT2D eigenvalue weighted by atomic mass is 10.1. The number of nitrogens with one attached hydrogen (secondary N) is 1. The van der Waals surface area contributed by atoms with Crippen molar-refractivity contribution in [3.63, 3.8) is 0 Å². The van der Waals surface area contributed by atoms with Crippen molar-refractivity contribution in [2.45, 2.75) is 53.1 Å². The van der Waals surface area contributed by atoms with Gasteiger partial charge in [-0.3, -0.25) is 9.36 Å². The van der Waals surface area contributed by atoms with Crippen LogP contribution in [0.4, 0.5) is 0 Å². The highest BCUT2D eigenvalue weighted by Crippen LogP contribution is 2.14. The van der Waals surface area contributed by atoms with Gasteiger partial charge in [-0.05, 0) is 44.4 Å². The lowest BCUT2D eigenvalue weighted by molar-refractivity contribution is 0.583. The molecule has 0 bridgehead atoms. The molecule has 0 radical (unpaired) electrons. The molecule has 2 aromatic heterocycles. The molecule has 0 atom stereocenters. The molecule has 2 rings (SSSR count). The molecule has 5 nitrogen and oxygen atoms in total. The summed E-state index contributed by atoms with van der Waals surface area (Å²) >= 11 is 0. The predicted molar refractivity (Wildman–Crippen MR) is 85.5 cm³/mol. The minimum atomic E-state index is 0.534. The topological polar surface area (TPSA) is 47.7 Å². The van der Waals surface area contributed by atoms with E-state index in [2.05, 4.69) is 49.0 Å². The molecule has 5 heteroatoms. The van der Waals surface area contributed by atoms with Crippen LogP contribution in [0.5, 0.6) is 0 Å². The molecule has 1 N–H and O–H groups in total. The zero-order chi connectivity index (χ0) is 15.4. The molecule has 21 heavy (non-hydrogen) atoms. The lowest BCUT2D eigenvalue weighted by Gasteiger charge is -2.08. The Morgan fingerprint density at radius 3 is 2.62 bits per heavy atom. The molecule has 0 unspecified atom stereocenters. The molecule has 0 aliphatic carbocycles. The van der Waals surface area contributed by atoms with E-state index in [0.29, 0.717) is 6.04 Å². The summed E-state index contributed by atoms with van der Waals surface area (Å²) in [5.74, 6) is 0. The van der Waals surface area contributed by atoms with Crippen molar-refractivity contribution in [3.8, 4) is 0 Å². The van der Waals surface area contributed by atoms with Crippen LogP contribution in [-0.4, -0.2) is 32.1 Å². The Balaban J connectivity index is 1.97. The third kappa shape index (κ3) is 4.17. The summed E-state index contributed by atoms with van der Waals surface area (Å²) in [6.07, 6.45) is 6.01. The second-order valence-electron chi connectivity index (χ2n) is 6.00. The van der Waals surface area contributed by atoms with E-state index >= 15 is 0 Å². The molecule has 0 aliphatic rings. The minimum absolute atomic E-state index is 0.534. The van der Waals surface area contributed by atoms with Crippen molar-refractivity contribution in [2.24, 2.45) is 7.05 Å². The number of nitrogens with zero attached hydrogens (tertiary/aromatic N) is 4. The molecule has 2 heterocycles. The first-order valence-electron chi connectivity index (χ1n) is 7.71. The van der Waals surface area contributed by atoms with Crippen LogP contribution in [0.2, 0.25) is 0 Å². The maximum Gasteiger partial charge on any atom is 0.0628 e. The van der Waals surface area contributed by atoms with Gasteiger partial charge < -0.3 is 5.32 Å². The van der Waals surface area contributed by atoms with E-state index in [1.807, 2.05) is 17.9 Å². The van der Waals surface area contributed by atoms with Crippen LogP contribution in [0.25, 0.3) is 0 Å². The Hall–Kier alpha value is -1.62. The highest BCUT2D eigenvalue weighted by Gasteiger charge is 2.11. The summed E-state index contributed by atoms with van der Waals surface area (Å²) in [5.41, 5.74) is 5.09. The van der Waals surface area contributed by atoms with Gasteiger partial charge >= 0.3 is 0 Å². The van der Waals surface area contributed by atoms with E-state index in [9.17, 15) is 0 Å². The van der Waals surface area contributed by atoms with Gasteiger partial charge in [-0.1, -0.05) is 13.8 Å². The van der Waals surface area contributed by atoms with Crippen LogP contribution >= 0.6 is 0 Å². The van der Waals surface area contributed by atoms with Gasteiger partial charge in [-0.2, -0.15) is 10.2 Å². The molecule has 116 valence electrons. The van der Waals surface area contributed by atoms with Gasteiger partial charge in [-0.15, -0.1) is 0 Å². The highest BCUT2D eigenvalue weighted by molar-refractivity contribution is 5.25. The van der Waals surface area contributed by atoms with Gasteiger partial charge in [0, 0.05) is 31.5 Å². The molecular weight excluding hydrogens is 262 g/mol. The fourth-order valence-electron chi connectivity index (χ4n) is 2.64. The van der Waals surface area contributed by atoms with Crippen LogP contribution in [0, 0.1) is 13.8 Å². The van der Waals surface area contributed by atoms with E-state index in [-0.39, 0.29) is 0 Å². The van der Waals surface area contributed by atoms with Crippen molar-refractivity contribution >= 4 is 0 Å². The number of aromatic nitrogens is 4. The third-order valence-electron chi connectivity index (χ3n) is 3.83. The van der Waals surface area contributed by atoms with Gasteiger partial charge in [0.2, 0.25) is 0 Å². The van der Waals surface area contributed by atoms with Gasteiger partial charge in [-0.25, -0.2) is 0 Å². The van der Waals surface area contributed by atoms with E-state index < -0.39 is 0 Å². The molecule has 0 aliphatic heterocycles. The second kappa shape index (κ2) is 6.89. The van der Waals surface area contributed by atoms with Crippen molar-refractivity contribution in [2.75, 3.05) is 6.54 Å². The monoisotopic (exact) mass is 289 g/mol. The Morgan fingerprint density at radius 1 is 1.24 bits per heavy atom. The van der Waals surface area contributed by atoms with E-state index in [0.717, 1.165) is 31.6 Å². The fourth-order valence-corrected chi connectivity index (χ4v) is 2.64. The number of aryl methyl sites for hydroxylation is 4. The van der Waals surface area contributed by atoms with Crippen LogP contribution in [-0.2, 0) is 26.4 Å². The van der Waals surface area contributed by atoms with Crippen LogP contribution in [0.1, 0.15) is 36.4 Å². The van der Waals surface area contributed by atoms with Crippen LogP contribution < -0.4 is 5.32 Å². The highest BCUT2D eigenvalue weighted by atomic mass is 15.3. The Labute approximate surface area is 127 Å². The summed E-state index contributed by atoms with van der Waals surface area (Å²) < 4.78 is 3.98. The predicted octanol–water partition coefficient (Wildman–Crippen LogP) is 2.02. The molecular formula is C16H27N5. The van der Waals surface area contributed by atoms with Crippen molar-refractivity contribution in [1.82, 2.24) is 24.9 Å². The zero-order valence-electron chi connectivity index (χ0n) is 13.8. The molecule has 0 saturated carbocycles. The fraction of sp³-hybridized carbons (Fsp3) is 0.625. The molecule has 0 spiro atoms. The van der Waals surface area contributed by atoms with Gasteiger partial charge in [0.15, 0.2) is 0 Å². The number of rotatable bonds is 7. The van der Waals surface area contributed by atoms with Crippen molar-refractivity contribution in [1.29, 1.82) is 0 Å². The summed E-state index contributed by atoms with van der Waals surface area (Å²) in [5, 5.41) is 12.4. The Kier molecular flexibility index (Phi) is 5.17. The lowest BCUT2D eigenvalue weighted by Crippen LogP contribution is -2.25. The Bertz CT molecular complexity index is 580. The SMILES string of the molecule is Cc1nn(CCc2cnn(C)c2)c(C)c1CCNC(C)C. The molecule has 0 aromatic carbocycles. The van der Waals surface area contributed by atoms with Gasteiger partial charge in [0.25, 0.3) is 0 Å². The Morgan fingerprint density at radius 2 is 2.00 bits per heavy atom. The maximum absolute atomic E-state index is 4.69. The first-order chi connectivity index (χ1) is 9.97. The van der Waals surface area contributed by atoms with Crippen LogP contribution in [0.3, 0.4) is 0 Å². The average Bonchev–Trinajstić information content (AvgIpc) is 2.94. The first kappa shape index (κ1) is 15.8. The number of hydrogen-bond donors (Lipinski definition) is 1.